The minimum Gasteiger partial charge on any atom is -0.493 e. The van der Waals surface area contributed by atoms with Crippen LogP contribution in [0.25, 0.3) is 16.9 Å². The van der Waals surface area contributed by atoms with Gasteiger partial charge in [0.2, 0.25) is 5.91 Å². The normalized spacial score (nSPS) is 14.8. The first-order valence-corrected chi connectivity index (χ1v) is 11.5. The van der Waals surface area contributed by atoms with Gasteiger partial charge in [0.15, 0.2) is 5.13 Å². The van der Waals surface area contributed by atoms with Gasteiger partial charge in [-0.1, -0.05) is 0 Å². The maximum atomic E-state index is 12.7. The zero-order valence-corrected chi connectivity index (χ0v) is 18.8. The Kier molecular flexibility index (Phi) is 5.66. The van der Waals surface area contributed by atoms with Crippen LogP contribution in [0.2, 0.25) is 0 Å². The molecule has 1 aliphatic heterocycles. The minimum absolute atomic E-state index is 0.0710. The van der Waals surface area contributed by atoms with Crippen LogP contribution < -0.4 is 15.4 Å². The summed E-state index contributed by atoms with van der Waals surface area (Å²) in [5.74, 6) is 0.494. The molecular formula is C25H22N4O3S. The molecule has 3 heterocycles. The summed E-state index contributed by atoms with van der Waals surface area (Å²) >= 11 is 1.37. The van der Waals surface area contributed by atoms with Crippen molar-refractivity contribution in [2.75, 3.05) is 11.9 Å². The predicted octanol–water partition coefficient (Wildman–Crippen LogP) is 4.81. The Morgan fingerprint density at radius 1 is 1.12 bits per heavy atom. The number of benzene rings is 2. The number of nitrogens with zero attached hydrogens (tertiary/aromatic N) is 2. The summed E-state index contributed by atoms with van der Waals surface area (Å²) in [6.07, 6.45) is 4.63. The van der Waals surface area contributed by atoms with Crippen LogP contribution in [0.5, 0.6) is 5.75 Å². The fourth-order valence-corrected chi connectivity index (χ4v) is 4.59. The Bertz CT molecular complexity index is 1300. The summed E-state index contributed by atoms with van der Waals surface area (Å²) in [5, 5.41) is 8.29. The van der Waals surface area contributed by atoms with Crippen LogP contribution in [0, 0.1) is 0 Å². The van der Waals surface area contributed by atoms with Crippen LogP contribution in [0.4, 0.5) is 5.13 Å². The highest BCUT2D eigenvalue weighted by molar-refractivity contribution is 7.14. The summed E-state index contributed by atoms with van der Waals surface area (Å²) < 4.78 is 7.72. The lowest BCUT2D eigenvalue weighted by atomic mass is 9.97. The van der Waals surface area contributed by atoms with Crippen molar-refractivity contribution in [3.63, 3.8) is 0 Å². The van der Waals surface area contributed by atoms with Gasteiger partial charge in [-0.15, -0.1) is 11.3 Å². The number of fused-ring (bicyclic) bond motifs is 1. The van der Waals surface area contributed by atoms with E-state index in [0.29, 0.717) is 17.3 Å². The molecule has 0 fully saturated rings. The van der Waals surface area contributed by atoms with E-state index in [2.05, 4.69) is 15.6 Å². The number of aromatic nitrogens is 2. The number of thiazole rings is 1. The molecule has 0 radical (unpaired) electrons. The van der Waals surface area contributed by atoms with Crippen molar-refractivity contribution in [3.8, 4) is 22.7 Å². The molecule has 1 atom stereocenters. The van der Waals surface area contributed by atoms with E-state index < -0.39 is 0 Å². The first-order chi connectivity index (χ1) is 16.1. The topological polar surface area (TPSA) is 85.3 Å². The zero-order chi connectivity index (χ0) is 22.8. The Balaban J connectivity index is 1.31. The maximum absolute atomic E-state index is 12.7. The third-order valence-electron chi connectivity index (χ3n) is 5.48. The molecule has 0 aliphatic carbocycles. The van der Waals surface area contributed by atoms with Gasteiger partial charge in [-0.3, -0.25) is 14.9 Å². The number of carbonyl (C=O) groups is 2. The lowest BCUT2D eigenvalue weighted by Crippen LogP contribution is -2.30. The summed E-state index contributed by atoms with van der Waals surface area (Å²) in [5.41, 5.74) is 4.15. The van der Waals surface area contributed by atoms with Gasteiger partial charge in [-0.05, 0) is 54.6 Å². The first kappa shape index (κ1) is 21.0. The molecule has 8 heteroatoms. The number of rotatable bonds is 5. The van der Waals surface area contributed by atoms with E-state index in [-0.39, 0.29) is 17.9 Å². The van der Waals surface area contributed by atoms with E-state index in [0.717, 1.165) is 34.7 Å². The second-order valence-corrected chi connectivity index (χ2v) is 8.63. The van der Waals surface area contributed by atoms with Gasteiger partial charge >= 0.3 is 0 Å². The highest BCUT2D eigenvalue weighted by Gasteiger charge is 2.23. The smallest absolute Gasteiger partial charge is 0.257 e. The van der Waals surface area contributed by atoms with Crippen molar-refractivity contribution in [1.82, 2.24) is 14.9 Å². The highest BCUT2D eigenvalue weighted by Crippen LogP contribution is 2.36. The largest absolute Gasteiger partial charge is 0.493 e. The number of nitrogens with one attached hydrogen (secondary N) is 2. The number of hydrogen-bond donors (Lipinski definition) is 2. The lowest BCUT2D eigenvalue weighted by Gasteiger charge is -2.26. The number of ether oxygens (including phenoxy) is 1. The van der Waals surface area contributed by atoms with Crippen LogP contribution in [-0.4, -0.2) is 28.0 Å². The Morgan fingerprint density at radius 3 is 2.67 bits per heavy atom. The van der Waals surface area contributed by atoms with E-state index in [9.17, 15) is 9.59 Å². The summed E-state index contributed by atoms with van der Waals surface area (Å²) in [6.45, 7) is 2.08. The average Bonchev–Trinajstić information content (AvgIpc) is 3.51. The molecule has 2 aromatic heterocycles. The second-order valence-electron chi connectivity index (χ2n) is 7.77. The summed E-state index contributed by atoms with van der Waals surface area (Å²) in [4.78, 5) is 28.9. The van der Waals surface area contributed by atoms with Gasteiger partial charge in [-0.25, -0.2) is 4.98 Å². The van der Waals surface area contributed by atoms with E-state index in [1.54, 1.807) is 12.1 Å². The van der Waals surface area contributed by atoms with Crippen molar-refractivity contribution in [3.05, 3.63) is 83.5 Å². The maximum Gasteiger partial charge on any atom is 0.257 e. The van der Waals surface area contributed by atoms with Crippen molar-refractivity contribution < 1.29 is 14.3 Å². The van der Waals surface area contributed by atoms with Gasteiger partial charge in [0, 0.05) is 53.5 Å². The molecular weight excluding hydrogens is 436 g/mol. The molecule has 0 saturated heterocycles. The van der Waals surface area contributed by atoms with Crippen LogP contribution in [-0.2, 0) is 4.79 Å². The van der Waals surface area contributed by atoms with Gasteiger partial charge in [-0.2, -0.15) is 0 Å². The van der Waals surface area contributed by atoms with Crippen LogP contribution >= 0.6 is 11.3 Å². The fraction of sp³-hybridized carbons (Fsp3) is 0.160. The number of carbonyl (C=O) groups excluding carboxylic acids is 2. The molecule has 0 bridgehead atoms. The highest BCUT2D eigenvalue weighted by atomic mass is 32.1. The van der Waals surface area contributed by atoms with Crippen molar-refractivity contribution >= 4 is 28.3 Å². The van der Waals surface area contributed by atoms with Crippen molar-refractivity contribution in [2.45, 2.75) is 19.4 Å². The van der Waals surface area contributed by atoms with Gasteiger partial charge in [0.1, 0.15) is 5.75 Å². The number of anilines is 1. The predicted molar refractivity (Wildman–Crippen MR) is 128 cm³/mol. The quantitative estimate of drug-likeness (QED) is 0.449. The van der Waals surface area contributed by atoms with Crippen LogP contribution in [0.3, 0.4) is 0 Å². The molecule has 0 spiro atoms. The molecule has 0 saturated carbocycles. The molecule has 7 nitrogen and oxygen atoms in total. The SMILES string of the molecule is CC(=O)NC1CCOc2ccc(-c3csc(NC(=O)c4ccc(-n5cccc5)cc4)n3)cc21. The Hall–Kier alpha value is -3.91. The van der Waals surface area contributed by atoms with E-state index in [1.165, 1.54) is 18.3 Å². The molecule has 4 aromatic rings. The molecule has 2 amide bonds. The van der Waals surface area contributed by atoms with Crippen molar-refractivity contribution in [2.24, 2.45) is 0 Å². The van der Waals surface area contributed by atoms with Gasteiger partial charge in [0.25, 0.3) is 5.91 Å². The van der Waals surface area contributed by atoms with E-state index >= 15 is 0 Å². The van der Waals surface area contributed by atoms with E-state index in [1.807, 2.05) is 64.8 Å². The van der Waals surface area contributed by atoms with Crippen LogP contribution in [0.15, 0.2) is 72.4 Å². The number of amides is 2. The average molecular weight is 459 g/mol. The molecule has 1 aliphatic rings. The first-order valence-electron chi connectivity index (χ1n) is 10.6. The van der Waals surface area contributed by atoms with E-state index in [4.69, 9.17) is 4.74 Å². The third kappa shape index (κ3) is 4.51. The molecule has 1 unspecified atom stereocenters. The lowest BCUT2D eigenvalue weighted by molar-refractivity contribution is -0.119. The zero-order valence-electron chi connectivity index (χ0n) is 17.9. The molecule has 166 valence electrons. The fourth-order valence-electron chi connectivity index (χ4n) is 3.87. The molecule has 5 rings (SSSR count). The molecule has 33 heavy (non-hydrogen) atoms. The standard InChI is InChI=1S/C25H22N4O3S/c1-16(30)26-21-10-13-32-23-9-6-18(14-20(21)23)22-15-33-25(27-22)28-24(31)17-4-7-19(8-5-17)29-11-2-3-12-29/h2-9,11-12,14-15,21H,10,13H2,1H3,(H,26,30)(H,27,28,31). The van der Waals surface area contributed by atoms with Gasteiger partial charge in [0.05, 0.1) is 18.3 Å². The Morgan fingerprint density at radius 2 is 1.91 bits per heavy atom. The third-order valence-corrected chi connectivity index (χ3v) is 6.24. The summed E-state index contributed by atoms with van der Waals surface area (Å²) in [6, 6.07) is 17.1. The molecule has 2 N–H and O–H groups in total. The Labute approximate surface area is 195 Å². The minimum atomic E-state index is -0.209. The van der Waals surface area contributed by atoms with Gasteiger partial charge < -0.3 is 14.6 Å². The monoisotopic (exact) mass is 458 g/mol. The molecule has 2 aromatic carbocycles. The van der Waals surface area contributed by atoms with Crippen molar-refractivity contribution in [1.29, 1.82) is 0 Å². The number of hydrogen-bond acceptors (Lipinski definition) is 5. The second kappa shape index (κ2) is 8.91. The summed E-state index contributed by atoms with van der Waals surface area (Å²) in [7, 11) is 0. The van der Waals surface area contributed by atoms with Crippen LogP contribution in [0.1, 0.15) is 35.3 Å².